The van der Waals surface area contributed by atoms with Gasteiger partial charge in [-0.05, 0) is 43.2 Å². The smallest absolute Gasteiger partial charge is 0.191 e. The summed E-state index contributed by atoms with van der Waals surface area (Å²) in [6, 6.07) is 10.3. The lowest BCUT2D eigenvalue weighted by Crippen LogP contribution is -2.36. The first kappa shape index (κ1) is 27.0. The number of hydrogen-bond donors (Lipinski definition) is 2. The molecule has 0 aliphatic rings. The summed E-state index contributed by atoms with van der Waals surface area (Å²) >= 11 is 0. The van der Waals surface area contributed by atoms with Gasteiger partial charge in [-0.25, -0.2) is 9.98 Å². The third-order valence-electron chi connectivity index (χ3n) is 4.45. The molecule has 2 aromatic rings. The Labute approximate surface area is 203 Å². The van der Waals surface area contributed by atoms with Gasteiger partial charge >= 0.3 is 0 Å². The summed E-state index contributed by atoms with van der Waals surface area (Å²) in [4.78, 5) is 11.1. The molecule has 0 radical (unpaired) electrons. The van der Waals surface area contributed by atoms with E-state index < -0.39 is 0 Å². The number of aliphatic imine (C=N–C) groups is 1. The molecular weight excluding hydrogens is 505 g/mol. The van der Waals surface area contributed by atoms with E-state index in [1.807, 2.05) is 31.3 Å². The normalized spacial score (nSPS) is 10.9. The van der Waals surface area contributed by atoms with E-state index in [0.717, 1.165) is 41.6 Å². The molecule has 7 nitrogen and oxygen atoms in total. The molecule has 1 aromatic carbocycles. The lowest BCUT2D eigenvalue weighted by Gasteiger charge is -2.16. The third-order valence-corrected chi connectivity index (χ3v) is 4.45. The molecule has 0 atom stereocenters. The molecule has 8 heteroatoms. The average Bonchev–Trinajstić information content (AvgIpc) is 2.74. The van der Waals surface area contributed by atoms with Crippen molar-refractivity contribution in [3.8, 4) is 5.75 Å². The second kappa shape index (κ2) is 14.9. The zero-order valence-corrected chi connectivity index (χ0v) is 21.6. The summed E-state index contributed by atoms with van der Waals surface area (Å²) in [7, 11) is 5.67. The van der Waals surface area contributed by atoms with Crippen molar-refractivity contribution in [2.24, 2.45) is 4.99 Å². The van der Waals surface area contributed by atoms with Gasteiger partial charge in [-0.15, -0.1) is 24.0 Å². The van der Waals surface area contributed by atoms with Crippen LogP contribution in [0.4, 0.5) is 5.82 Å². The van der Waals surface area contributed by atoms with Gasteiger partial charge in [0.05, 0.1) is 13.2 Å². The zero-order valence-electron chi connectivity index (χ0n) is 19.3. The van der Waals surface area contributed by atoms with Crippen LogP contribution in [0.2, 0.25) is 0 Å². The highest BCUT2D eigenvalue weighted by Crippen LogP contribution is 2.20. The van der Waals surface area contributed by atoms with Gasteiger partial charge in [0.25, 0.3) is 0 Å². The molecule has 2 rings (SSSR count). The van der Waals surface area contributed by atoms with Crippen LogP contribution in [-0.2, 0) is 17.8 Å². The molecule has 0 aliphatic carbocycles. The first-order valence-corrected chi connectivity index (χ1v) is 10.4. The van der Waals surface area contributed by atoms with Crippen molar-refractivity contribution in [3.05, 3.63) is 53.2 Å². The summed E-state index contributed by atoms with van der Waals surface area (Å²) in [5.41, 5.74) is 3.39. The Hall–Kier alpha value is -2.07. The number of nitrogens with one attached hydrogen (secondary N) is 2. The quantitative estimate of drug-likeness (QED) is 0.196. The number of anilines is 1. The molecule has 31 heavy (non-hydrogen) atoms. The maximum Gasteiger partial charge on any atom is 0.191 e. The van der Waals surface area contributed by atoms with Gasteiger partial charge in [-0.1, -0.05) is 12.1 Å². The maximum atomic E-state index is 5.99. The summed E-state index contributed by atoms with van der Waals surface area (Å²) in [6.45, 7) is 7.46. The van der Waals surface area contributed by atoms with Gasteiger partial charge in [-0.3, -0.25) is 0 Å². The number of nitrogens with zero attached hydrogens (tertiary/aromatic N) is 3. The van der Waals surface area contributed by atoms with Crippen molar-refractivity contribution in [3.63, 3.8) is 0 Å². The number of methoxy groups -OCH3 is 1. The van der Waals surface area contributed by atoms with Crippen molar-refractivity contribution in [1.29, 1.82) is 0 Å². The molecule has 0 unspecified atom stereocenters. The lowest BCUT2D eigenvalue weighted by atomic mass is 10.1. The highest BCUT2D eigenvalue weighted by Gasteiger charge is 2.07. The highest BCUT2D eigenvalue weighted by molar-refractivity contribution is 14.0. The van der Waals surface area contributed by atoms with Gasteiger partial charge in [0.2, 0.25) is 0 Å². The molecule has 0 bridgehead atoms. The van der Waals surface area contributed by atoms with E-state index in [4.69, 9.17) is 14.5 Å². The summed E-state index contributed by atoms with van der Waals surface area (Å²) in [5, 5.41) is 6.72. The number of ether oxygens (including phenoxy) is 2. The van der Waals surface area contributed by atoms with E-state index in [1.165, 1.54) is 5.56 Å². The zero-order chi connectivity index (χ0) is 21.8. The van der Waals surface area contributed by atoms with Crippen LogP contribution in [-0.4, -0.2) is 51.9 Å². The fraction of sp³-hybridized carbons (Fsp3) is 0.478. The van der Waals surface area contributed by atoms with Gasteiger partial charge in [-0.2, -0.15) is 0 Å². The molecule has 0 saturated carbocycles. The molecule has 2 N–H and O–H groups in total. The number of benzene rings is 1. The van der Waals surface area contributed by atoms with E-state index in [-0.39, 0.29) is 24.0 Å². The van der Waals surface area contributed by atoms with Crippen molar-refractivity contribution in [1.82, 2.24) is 15.6 Å². The SMILES string of the molecule is CCNC(=NCc1ccnc(N(C)C)c1)NCc1ccc(C)cc1OCCCOC.I. The van der Waals surface area contributed by atoms with Crippen LogP contribution < -0.4 is 20.3 Å². The molecule has 1 aromatic heterocycles. The molecule has 1 heterocycles. The van der Waals surface area contributed by atoms with Crippen LogP contribution in [0.15, 0.2) is 41.5 Å². The number of guanidine groups is 1. The minimum Gasteiger partial charge on any atom is -0.493 e. The van der Waals surface area contributed by atoms with Crippen LogP contribution >= 0.6 is 24.0 Å². The number of halogens is 1. The number of aromatic nitrogens is 1. The average molecular weight is 541 g/mol. The van der Waals surface area contributed by atoms with Crippen molar-refractivity contribution in [2.75, 3.05) is 45.9 Å². The van der Waals surface area contributed by atoms with Gasteiger partial charge in [0, 0.05) is 59.1 Å². The second-order valence-corrected chi connectivity index (χ2v) is 7.27. The minimum absolute atomic E-state index is 0. The van der Waals surface area contributed by atoms with Crippen LogP contribution in [0.1, 0.15) is 30.0 Å². The number of pyridine rings is 1. The van der Waals surface area contributed by atoms with Crippen molar-refractivity contribution >= 4 is 35.8 Å². The van der Waals surface area contributed by atoms with E-state index in [0.29, 0.717) is 26.3 Å². The van der Waals surface area contributed by atoms with Gasteiger partial charge in [0.1, 0.15) is 11.6 Å². The van der Waals surface area contributed by atoms with Crippen LogP contribution in [0.3, 0.4) is 0 Å². The molecule has 172 valence electrons. The van der Waals surface area contributed by atoms with Gasteiger partial charge < -0.3 is 25.0 Å². The first-order chi connectivity index (χ1) is 14.5. The van der Waals surface area contributed by atoms with Crippen LogP contribution in [0, 0.1) is 6.92 Å². The fourth-order valence-electron chi connectivity index (χ4n) is 2.82. The van der Waals surface area contributed by atoms with E-state index in [1.54, 1.807) is 7.11 Å². The highest BCUT2D eigenvalue weighted by atomic mass is 127. The third kappa shape index (κ3) is 9.73. The predicted molar refractivity (Wildman–Crippen MR) is 139 cm³/mol. The molecule has 0 fully saturated rings. The largest absolute Gasteiger partial charge is 0.493 e. The molecule has 0 amide bonds. The Kier molecular flexibility index (Phi) is 12.9. The molecule has 0 aliphatic heterocycles. The number of rotatable bonds is 11. The Morgan fingerprint density at radius 1 is 1.13 bits per heavy atom. The molecule has 0 saturated heterocycles. The topological polar surface area (TPSA) is 71.0 Å². The fourth-order valence-corrected chi connectivity index (χ4v) is 2.82. The second-order valence-electron chi connectivity index (χ2n) is 7.27. The summed E-state index contributed by atoms with van der Waals surface area (Å²) < 4.78 is 11.1. The standard InChI is InChI=1S/C23H35N5O2.HI/c1-6-24-23(26-16-19-10-11-25-22(15-19)28(3)4)27-17-20-9-8-18(2)14-21(20)30-13-7-12-29-5;/h8-11,14-15H,6-7,12-13,16-17H2,1-5H3,(H2,24,26,27);1H. The Balaban J connectivity index is 0.00000480. The Bertz CT molecular complexity index is 814. The monoisotopic (exact) mass is 541 g/mol. The predicted octanol–water partition coefficient (Wildman–Crippen LogP) is 3.74. The Morgan fingerprint density at radius 2 is 1.94 bits per heavy atom. The summed E-state index contributed by atoms with van der Waals surface area (Å²) in [6.07, 6.45) is 2.68. The van der Waals surface area contributed by atoms with Gasteiger partial charge in [0.15, 0.2) is 5.96 Å². The van der Waals surface area contributed by atoms with Crippen LogP contribution in [0.25, 0.3) is 0 Å². The minimum atomic E-state index is 0. The van der Waals surface area contributed by atoms with E-state index in [2.05, 4.69) is 53.7 Å². The Morgan fingerprint density at radius 3 is 2.65 bits per heavy atom. The molecule has 0 spiro atoms. The number of hydrogen-bond acceptors (Lipinski definition) is 5. The van der Waals surface area contributed by atoms with Crippen LogP contribution in [0.5, 0.6) is 5.75 Å². The van der Waals surface area contributed by atoms with E-state index in [9.17, 15) is 0 Å². The number of aryl methyl sites for hydroxylation is 1. The van der Waals surface area contributed by atoms with Crippen molar-refractivity contribution in [2.45, 2.75) is 33.4 Å². The van der Waals surface area contributed by atoms with Crippen molar-refractivity contribution < 1.29 is 9.47 Å². The first-order valence-electron chi connectivity index (χ1n) is 10.4. The summed E-state index contributed by atoms with van der Waals surface area (Å²) in [5.74, 6) is 2.60. The van der Waals surface area contributed by atoms with E-state index >= 15 is 0 Å². The molecular formula is C23H36IN5O2. The maximum absolute atomic E-state index is 5.99. The lowest BCUT2D eigenvalue weighted by molar-refractivity contribution is 0.171.